The second-order valence-corrected chi connectivity index (χ2v) is 2.27. The molecule has 0 amide bonds. The third-order valence-electron chi connectivity index (χ3n) is 1.35. The largest absolute Gasteiger partial charge is 0.425 e. The number of alkyl halides is 4. The third-order valence-corrected chi connectivity index (χ3v) is 1.35. The van der Waals surface area contributed by atoms with E-state index in [1.807, 2.05) is 0 Å². The lowest BCUT2D eigenvalue weighted by atomic mass is 10.2. The molecule has 1 unspecified atom stereocenters. The lowest BCUT2D eigenvalue weighted by Crippen LogP contribution is -2.17. The average molecular weight is 212 g/mol. The molecule has 1 heterocycles. The molecule has 0 bridgehead atoms. The zero-order valence-electron chi connectivity index (χ0n) is 6.51. The Morgan fingerprint density at radius 1 is 1.57 bits per heavy atom. The van der Waals surface area contributed by atoms with Crippen molar-refractivity contribution in [2.24, 2.45) is 0 Å². The maximum Gasteiger partial charge on any atom is 0.425 e. The van der Waals surface area contributed by atoms with Crippen LogP contribution in [0.5, 0.6) is 5.75 Å². The van der Waals surface area contributed by atoms with Gasteiger partial charge in [0.25, 0.3) is 6.47 Å². The molecule has 0 saturated carbocycles. The van der Waals surface area contributed by atoms with E-state index in [2.05, 4.69) is 9.84 Å². The van der Waals surface area contributed by atoms with Crippen LogP contribution in [0.4, 0.5) is 17.6 Å². The lowest BCUT2D eigenvalue weighted by molar-refractivity contribution is -0.184. The van der Waals surface area contributed by atoms with Crippen molar-refractivity contribution in [3.8, 4) is 5.75 Å². The Bertz CT molecular complexity index is 322. The van der Waals surface area contributed by atoms with Gasteiger partial charge in [0.1, 0.15) is 5.69 Å². The van der Waals surface area contributed by atoms with E-state index in [1.165, 1.54) is 0 Å². The molecule has 1 atom stereocenters. The highest BCUT2D eigenvalue weighted by molar-refractivity contribution is 5.46. The molecule has 4 nitrogen and oxygen atoms in total. The fourth-order valence-corrected chi connectivity index (χ4v) is 0.776. The zero-order valence-corrected chi connectivity index (χ0v) is 6.51. The Morgan fingerprint density at radius 3 is 2.71 bits per heavy atom. The minimum atomic E-state index is -5.06. The summed E-state index contributed by atoms with van der Waals surface area (Å²) in [6, 6.07) is 0. The van der Waals surface area contributed by atoms with Crippen LogP contribution in [0.25, 0.3) is 0 Å². The highest BCUT2D eigenvalue weighted by Gasteiger charge is 2.44. The average Bonchev–Trinajstić information content (AvgIpc) is 2.50. The second kappa shape index (κ2) is 3.64. The topological polar surface area (TPSA) is 55.0 Å². The van der Waals surface area contributed by atoms with Crippen molar-refractivity contribution in [2.45, 2.75) is 12.3 Å². The Kier molecular flexibility index (Phi) is 2.73. The van der Waals surface area contributed by atoms with Crippen LogP contribution < -0.4 is 4.74 Å². The van der Waals surface area contributed by atoms with Gasteiger partial charge in [-0.25, -0.2) is 4.39 Å². The normalized spacial score (nSPS) is 13.7. The van der Waals surface area contributed by atoms with Gasteiger partial charge in [-0.15, -0.1) is 0 Å². The summed E-state index contributed by atoms with van der Waals surface area (Å²) in [7, 11) is 0. The van der Waals surface area contributed by atoms with Crippen molar-refractivity contribution in [1.82, 2.24) is 10.2 Å². The van der Waals surface area contributed by atoms with E-state index in [9.17, 15) is 22.4 Å². The summed E-state index contributed by atoms with van der Waals surface area (Å²) in [5.74, 6) is -0.579. The number of nitrogens with one attached hydrogen (secondary N) is 1. The van der Waals surface area contributed by atoms with Gasteiger partial charge < -0.3 is 4.74 Å². The fraction of sp³-hybridized carbons (Fsp3) is 0.333. The van der Waals surface area contributed by atoms with Crippen LogP contribution in [0.15, 0.2) is 6.20 Å². The molecule has 1 aromatic rings. The van der Waals surface area contributed by atoms with E-state index >= 15 is 0 Å². The summed E-state index contributed by atoms with van der Waals surface area (Å²) in [4.78, 5) is 9.83. The maximum atomic E-state index is 12.7. The predicted molar refractivity (Wildman–Crippen MR) is 35.2 cm³/mol. The predicted octanol–water partition coefficient (Wildman–Crippen LogP) is 1.52. The molecule has 0 radical (unpaired) electrons. The number of aromatic nitrogens is 2. The number of hydrogen-bond donors (Lipinski definition) is 1. The number of ether oxygens (including phenoxy) is 1. The standard InChI is InChI=1S/C6H4F4N2O2/c7-5(6(8,9)10)4-3(14-2-13)1-11-12-4/h1-2,5H,(H,11,12). The summed E-state index contributed by atoms with van der Waals surface area (Å²) >= 11 is 0. The van der Waals surface area contributed by atoms with Gasteiger partial charge in [-0.05, 0) is 0 Å². The summed E-state index contributed by atoms with van der Waals surface area (Å²) < 4.78 is 52.3. The Hall–Kier alpha value is -1.60. The molecule has 0 aliphatic rings. The number of carbonyl (C=O) groups excluding carboxylic acids is 1. The minimum absolute atomic E-state index is 0.114. The molecule has 0 fully saturated rings. The molecule has 0 aromatic carbocycles. The molecule has 0 saturated heterocycles. The van der Waals surface area contributed by atoms with Crippen molar-refractivity contribution >= 4 is 6.47 Å². The molecule has 78 valence electrons. The van der Waals surface area contributed by atoms with Crippen LogP contribution in [0, 0.1) is 0 Å². The minimum Gasteiger partial charge on any atom is -0.425 e. The molecule has 0 aliphatic heterocycles. The number of rotatable bonds is 3. The highest BCUT2D eigenvalue weighted by Crippen LogP contribution is 2.38. The zero-order chi connectivity index (χ0) is 10.8. The number of carbonyl (C=O) groups is 1. The van der Waals surface area contributed by atoms with Crippen LogP contribution in [-0.4, -0.2) is 22.8 Å². The summed E-state index contributed by atoms with van der Waals surface area (Å²) in [6.07, 6.45) is -7.53. The summed E-state index contributed by atoms with van der Waals surface area (Å²) in [6.45, 7) is -0.114. The smallest absolute Gasteiger partial charge is 0.425 e. The van der Waals surface area contributed by atoms with Crippen LogP contribution in [0.1, 0.15) is 11.9 Å². The molecular formula is C6H4F4N2O2. The molecular weight excluding hydrogens is 208 g/mol. The third kappa shape index (κ3) is 2.01. The molecule has 1 N–H and O–H groups in total. The summed E-state index contributed by atoms with van der Waals surface area (Å²) in [5, 5.41) is 4.89. The molecule has 1 rings (SSSR count). The maximum absolute atomic E-state index is 12.7. The first-order chi connectivity index (χ1) is 6.46. The molecule has 0 aliphatic carbocycles. The first-order valence-electron chi connectivity index (χ1n) is 3.31. The fourth-order valence-electron chi connectivity index (χ4n) is 0.776. The number of hydrogen-bond acceptors (Lipinski definition) is 3. The Labute approximate surface area is 74.9 Å². The van der Waals surface area contributed by atoms with E-state index in [1.54, 1.807) is 5.10 Å². The number of H-pyrrole nitrogens is 1. The van der Waals surface area contributed by atoms with Gasteiger partial charge in [0.15, 0.2) is 5.75 Å². The van der Waals surface area contributed by atoms with Gasteiger partial charge in [0.05, 0.1) is 6.20 Å². The molecule has 8 heteroatoms. The van der Waals surface area contributed by atoms with Crippen molar-refractivity contribution in [2.75, 3.05) is 0 Å². The first-order valence-corrected chi connectivity index (χ1v) is 3.31. The van der Waals surface area contributed by atoms with Crippen LogP contribution in [0.3, 0.4) is 0 Å². The van der Waals surface area contributed by atoms with E-state index in [0.717, 1.165) is 6.20 Å². The van der Waals surface area contributed by atoms with E-state index in [4.69, 9.17) is 0 Å². The van der Waals surface area contributed by atoms with Crippen molar-refractivity contribution in [1.29, 1.82) is 0 Å². The number of halogens is 4. The highest BCUT2D eigenvalue weighted by atomic mass is 19.4. The van der Waals surface area contributed by atoms with Gasteiger partial charge in [-0.3, -0.25) is 9.89 Å². The van der Waals surface area contributed by atoms with Gasteiger partial charge in [-0.2, -0.15) is 18.3 Å². The second-order valence-electron chi connectivity index (χ2n) is 2.27. The van der Waals surface area contributed by atoms with Crippen molar-refractivity contribution < 1.29 is 27.1 Å². The van der Waals surface area contributed by atoms with Crippen molar-refractivity contribution in [3.05, 3.63) is 11.9 Å². The van der Waals surface area contributed by atoms with Crippen LogP contribution in [0.2, 0.25) is 0 Å². The molecule has 0 spiro atoms. The quantitative estimate of drug-likeness (QED) is 0.610. The Balaban J connectivity index is 2.94. The van der Waals surface area contributed by atoms with Gasteiger partial charge in [0.2, 0.25) is 6.17 Å². The lowest BCUT2D eigenvalue weighted by Gasteiger charge is -2.10. The molecule has 1 aromatic heterocycles. The van der Waals surface area contributed by atoms with Crippen LogP contribution in [-0.2, 0) is 4.79 Å². The first kappa shape index (κ1) is 10.5. The van der Waals surface area contributed by atoms with E-state index in [0.29, 0.717) is 0 Å². The van der Waals surface area contributed by atoms with Crippen molar-refractivity contribution in [3.63, 3.8) is 0 Å². The monoisotopic (exact) mass is 212 g/mol. The van der Waals surface area contributed by atoms with E-state index in [-0.39, 0.29) is 6.47 Å². The van der Waals surface area contributed by atoms with Gasteiger partial charge in [0, 0.05) is 0 Å². The van der Waals surface area contributed by atoms with Gasteiger partial charge >= 0.3 is 6.18 Å². The molecule has 14 heavy (non-hydrogen) atoms. The van der Waals surface area contributed by atoms with E-state index < -0.39 is 23.8 Å². The number of nitrogens with zero attached hydrogens (tertiary/aromatic N) is 1. The Morgan fingerprint density at radius 2 is 2.21 bits per heavy atom. The number of aromatic amines is 1. The van der Waals surface area contributed by atoms with Crippen LogP contribution >= 0.6 is 0 Å². The van der Waals surface area contributed by atoms with Gasteiger partial charge in [-0.1, -0.05) is 0 Å². The summed E-state index contributed by atoms with van der Waals surface area (Å²) in [5.41, 5.74) is -0.926. The SMILES string of the molecule is O=COc1cn[nH]c1C(F)C(F)(F)F.